The van der Waals surface area contributed by atoms with E-state index in [-0.39, 0.29) is 12.1 Å². The highest BCUT2D eigenvalue weighted by atomic mass is 16.5. The number of hydrogen-bond acceptors (Lipinski definition) is 4. The van der Waals surface area contributed by atoms with Crippen molar-refractivity contribution in [2.75, 3.05) is 40.5 Å². The van der Waals surface area contributed by atoms with Gasteiger partial charge in [-0.1, -0.05) is 0 Å². The lowest BCUT2D eigenvalue weighted by Gasteiger charge is -2.26. The minimum absolute atomic E-state index is 0.0214. The molecular formula is C18H28N2O4. The number of benzene rings is 1. The van der Waals surface area contributed by atoms with Gasteiger partial charge in [-0.15, -0.1) is 0 Å². The van der Waals surface area contributed by atoms with Gasteiger partial charge in [0, 0.05) is 37.9 Å². The molecule has 0 aromatic heterocycles. The van der Waals surface area contributed by atoms with Gasteiger partial charge in [0.15, 0.2) is 0 Å². The maximum atomic E-state index is 12.5. The maximum Gasteiger partial charge on any atom is 0.317 e. The second kappa shape index (κ2) is 9.37. The minimum Gasteiger partial charge on any atom is -0.497 e. The third-order valence-electron chi connectivity index (χ3n) is 4.26. The van der Waals surface area contributed by atoms with Gasteiger partial charge in [-0.2, -0.15) is 0 Å². The van der Waals surface area contributed by atoms with Crippen LogP contribution in [0, 0.1) is 0 Å². The molecule has 1 aliphatic rings. The number of ether oxygens (including phenoxy) is 3. The van der Waals surface area contributed by atoms with Gasteiger partial charge in [-0.3, -0.25) is 0 Å². The van der Waals surface area contributed by atoms with Crippen molar-refractivity contribution in [1.82, 2.24) is 10.2 Å². The van der Waals surface area contributed by atoms with Crippen LogP contribution >= 0.6 is 0 Å². The van der Waals surface area contributed by atoms with E-state index in [4.69, 9.17) is 14.2 Å². The quantitative estimate of drug-likeness (QED) is 0.742. The number of likely N-dealkylation sites (tertiary alicyclic amines) is 1. The van der Waals surface area contributed by atoms with Crippen LogP contribution < -0.4 is 14.8 Å². The molecule has 1 atom stereocenters. The van der Waals surface area contributed by atoms with Gasteiger partial charge in [0.1, 0.15) is 11.5 Å². The Labute approximate surface area is 144 Å². The molecule has 1 aliphatic heterocycles. The number of hydrogen-bond donors (Lipinski definition) is 1. The minimum atomic E-state index is -0.0214. The van der Waals surface area contributed by atoms with E-state index in [2.05, 4.69) is 5.32 Å². The summed E-state index contributed by atoms with van der Waals surface area (Å²) in [7, 11) is 3.28. The second-order valence-corrected chi connectivity index (χ2v) is 5.74. The summed E-state index contributed by atoms with van der Waals surface area (Å²) in [5.41, 5.74) is 1.03. The zero-order chi connectivity index (χ0) is 17.4. The van der Waals surface area contributed by atoms with E-state index in [0.717, 1.165) is 42.9 Å². The van der Waals surface area contributed by atoms with Crippen LogP contribution in [0.25, 0.3) is 0 Å². The van der Waals surface area contributed by atoms with E-state index < -0.39 is 0 Å². The predicted molar refractivity (Wildman–Crippen MR) is 92.7 cm³/mol. The fourth-order valence-corrected chi connectivity index (χ4v) is 3.04. The molecule has 1 heterocycles. The summed E-state index contributed by atoms with van der Waals surface area (Å²) >= 11 is 0. The third kappa shape index (κ3) is 4.54. The Morgan fingerprint density at radius 2 is 2.17 bits per heavy atom. The molecule has 24 heavy (non-hydrogen) atoms. The van der Waals surface area contributed by atoms with Gasteiger partial charge in [0.05, 0.1) is 20.3 Å². The summed E-state index contributed by atoms with van der Waals surface area (Å²) in [6.45, 7) is 4.74. The molecule has 6 nitrogen and oxygen atoms in total. The van der Waals surface area contributed by atoms with Crippen molar-refractivity contribution in [3.8, 4) is 11.5 Å². The van der Waals surface area contributed by atoms with Gasteiger partial charge in [-0.05, 0) is 38.3 Å². The average molecular weight is 336 g/mol. The first-order chi connectivity index (χ1) is 11.7. The topological polar surface area (TPSA) is 60.0 Å². The molecule has 1 saturated heterocycles. The van der Waals surface area contributed by atoms with Gasteiger partial charge in [0.25, 0.3) is 0 Å². The molecule has 1 aromatic carbocycles. The second-order valence-electron chi connectivity index (χ2n) is 5.74. The van der Waals surface area contributed by atoms with Crippen molar-refractivity contribution in [2.24, 2.45) is 0 Å². The van der Waals surface area contributed by atoms with Crippen molar-refractivity contribution in [3.63, 3.8) is 0 Å². The monoisotopic (exact) mass is 336 g/mol. The van der Waals surface area contributed by atoms with Crippen LogP contribution in [0.15, 0.2) is 18.2 Å². The van der Waals surface area contributed by atoms with E-state index in [1.165, 1.54) is 0 Å². The first kappa shape index (κ1) is 18.4. The molecule has 0 radical (unpaired) electrons. The number of carbonyl (C=O) groups is 1. The summed E-state index contributed by atoms with van der Waals surface area (Å²) in [6.07, 6.45) is 2.76. The lowest BCUT2D eigenvalue weighted by atomic mass is 10.0. The summed E-state index contributed by atoms with van der Waals surface area (Å²) < 4.78 is 16.0. The zero-order valence-electron chi connectivity index (χ0n) is 14.8. The number of carbonyl (C=O) groups excluding carboxylic acids is 1. The SMILES string of the molecule is CCOCCCNC(=O)N1CCCC1c1ccc(OC)cc1OC. The lowest BCUT2D eigenvalue weighted by Crippen LogP contribution is -2.40. The van der Waals surface area contributed by atoms with E-state index in [0.29, 0.717) is 19.8 Å². The molecule has 2 amide bonds. The standard InChI is InChI=1S/C18H28N2O4/c1-4-24-12-6-10-19-18(21)20-11-5-7-16(20)15-9-8-14(22-2)13-17(15)23-3/h8-9,13,16H,4-7,10-12H2,1-3H3,(H,19,21). The van der Waals surface area contributed by atoms with Crippen molar-refractivity contribution < 1.29 is 19.0 Å². The number of nitrogens with zero attached hydrogens (tertiary/aromatic N) is 1. The van der Waals surface area contributed by atoms with Crippen LogP contribution in [0.2, 0.25) is 0 Å². The Morgan fingerprint density at radius 3 is 2.88 bits per heavy atom. The molecule has 1 N–H and O–H groups in total. The maximum absolute atomic E-state index is 12.5. The number of rotatable bonds is 8. The van der Waals surface area contributed by atoms with Crippen LogP contribution in [-0.2, 0) is 4.74 Å². The van der Waals surface area contributed by atoms with Gasteiger partial charge >= 0.3 is 6.03 Å². The van der Waals surface area contributed by atoms with E-state index >= 15 is 0 Å². The molecule has 0 bridgehead atoms. The van der Waals surface area contributed by atoms with Crippen molar-refractivity contribution in [2.45, 2.75) is 32.2 Å². The molecule has 134 valence electrons. The third-order valence-corrected chi connectivity index (χ3v) is 4.26. The Hall–Kier alpha value is -1.95. The highest BCUT2D eigenvalue weighted by Crippen LogP contribution is 2.38. The Morgan fingerprint density at radius 1 is 1.33 bits per heavy atom. The molecule has 0 spiro atoms. The Kier molecular flexibility index (Phi) is 7.18. The van der Waals surface area contributed by atoms with E-state index in [1.807, 2.05) is 30.0 Å². The van der Waals surface area contributed by atoms with Crippen LogP contribution in [0.3, 0.4) is 0 Å². The first-order valence-corrected chi connectivity index (χ1v) is 8.55. The molecule has 6 heteroatoms. The zero-order valence-corrected chi connectivity index (χ0v) is 14.8. The number of amides is 2. The predicted octanol–water partition coefficient (Wildman–Crippen LogP) is 2.98. The van der Waals surface area contributed by atoms with Crippen molar-refractivity contribution in [3.05, 3.63) is 23.8 Å². The number of methoxy groups -OCH3 is 2. The van der Waals surface area contributed by atoms with E-state index in [1.54, 1.807) is 14.2 Å². The summed E-state index contributed by atoms with van der Waals surface area (Å²) in [5.74, 6) is 1.51. The fourth-order valence-electron chi connectivity index (χ4n) is 3.04. The van der Waals surface area contributed by atoms with Gasteiger partial charge in [0.2, 0.25) is 0 Å². The Bertz CT molecular complexity index is 536. The number of urea groups is 1. The normalized spacial score (nSPS) is 17.0. The van der Waals surface area contributed by atoms with Crippen LogP contribution in [-0.4, -0.2) is 51.5 Å². The van der Waals surface area contributed by atoms with Gasteiger partial charge < -0.3 is 24.4 Å². The molecule has 0 aliphatic carbocycles. The molecule has 2 rings (SSSR count). The smallest absolute Gasteiger partial charge is 0.317 e. The highest BCUT2D eigenvalue weighted by Gasteiger charge is 2.31. The Balaban J connectivity index is 2.00. The molecule has 1 aromatic rings. The first-order valence-electron chi connectivity index (χ1n) is 8.55. The molecule has 0 saturated carbocycles. The van der Waals surface area contributed by atoms with Crippen LogP contribution in [0.1, 0.15) is 37.8 Å². The van der Waals surface area contributed by atoms with Crippen LogP contribution in [0.5, 0.6) is 11.5 Å². The summed E-state index contributed by atoms with van der Waals surface area (Å²) in [6, 6.07) is 5.79. The summed E-state index contributed by atoms with van der Waals surface area (Å²) in [5, 5.41) is 2.98. The molecule has 1 fully saturated rings. The van der Waals surface area contributed by atoms with Gasteiger partial charge in [-0.25, -0.2) is 4.79 Å². The van der Waals surface area contributed by atoms with Crippen molar-refractivity contribution in [1.29, 1.82) is 0 Å². The average Bonchev–Trinajstić information content (AvgIpc) is 3.10. The van der Waals surface area contributed by atoms with Crippen molar-refractivity contribution >= 4 is 6.03 Å². The number of nitrogens with one attached hydrogen (secondary N) is 1. The van der Waals surface area contributed by atoms with E-state index in [9.17, 15) is 4.79 Å². The largest absolute Gasteiger partial charge is 0.497 e. The lowest BCUT2D eigenvalue weighted by molar-refractivity contribution is 0.143. The van der Waals surface area contributed by atoms with Crippen LogP contribution in [0.4, 0.5) is 4.79 Å². The highest BCUT2D eigenvalue weighted by molar-refractivity contribution is 5.75. The summed E-state index contributed by atoms with van der Waals surface area (Å²) in [4.78, 5) is 14.4. The fraction of sp³-hybridized carbons (Fsp3) is 0.611. The molecular weight excluding hydrogens is 308 g/mol. The molecule has 1 unspecified atom stereocenters.